The number of carbonyl (C=O) groups is 1. The molecule has 0 saturated carbocycles. The Labute approximate surface area is 116 Å². The van der Waals surface area contributed by atoms with E-state index in [1.54, 1.807) is 24.3 Å². The standard InChI is InChI=1S/C15H13ClO3/c16-13-8-6-12(7-9-13)15(17)19-11-10-18-14-4-2-1-3-5-14/h1-9H,10-11H2. The highest BCUT2D eigenvalue weighted by Crippen LogP contribution is 2.11. The van der Waals surface area contributed by atoms with Gasteiger partial charge in [0, 0.05) is 5.02 Å². The monoisotopic (exact) mass is 276 g/mol. The molecule has 0 saturated heterocycles. The fourth-order valence-electron chi connectivity index (χ4n) is 1.48. The van der Waals surface area contributed by atoms with Crippen LogP contribution >= 0.6 is 11.6 Å². The fraction of sp³-hybridized carbons (Fsp3) is 0.133. The van der Waals surface area contributed by atoms with E-state index >= 15 is 0 Å². The molecular weight excluding hydrogens is 264 g/mol. The van der Waals surface area contributed by atoms with Crippen molar-refractivity contribution in [3.63, 3.8) is 0 Å². The summed E-state index contributed by atoms with van der Waals surface area (Å²) in [5, 5.41) is 0.587. The first-order valence-electron chi connectivity index (χ1n) is 5.86. The van der Waals surface area contributed by atoms with Crippen LogP contribution in [0.2, 0.25) is 5.02 Å². The number of halogens is 1. The number of benzene rings is 2. The molecule has 19 heavy (non-hydrogen) atoms. The first-order valence-corrected chi connectivity index (χ1v) is 6.24. The van der Waals surface area contributed by atoms with Crippen molar-refractivity contribution < 1.29 is 14.3 Å². The van der Waals surface area contributed by atoms with Crippen molar-refractivity contribution in [3.05, 3.63) is 65.2 Å². The van der Waals surface area contributed by atoms with E-state index in [2.05, 4.69) is 0 Å². The van der Waals surface area contributed by atoms with Crippen LogP contribution in [0.1, 0.15) is 10.4 Å². The highest BCUT2D eigenvalue weighted by atomic mass is 35.5. The van der Waals surface area contributed by atoms with Crippen molar-refractivity contribution >= 4 is 17.6 Å². The molecule has 98 valence electrons. The highest BCUT2D eigenvalue weighted by molar-refractivity contribution is 6.30. The summed E-state index contributed by atoms with van der Waals surface area (Å²) in [5.74, 6) is 0.373. The van der Waals surface area contributed by atoms with Crippen LogP contribution in [-0.2, 0) is 4.74 Å². The number of esters is 1. The van der Waals surface area contributed by atoms with Gasteiger partial charge in [0.05, 0.1) is 5.56 Å². The van der Waals surface area contributed by atoms with Gasteiger partial charge in [0.2, 0.25) is 0 Å². The summed E-state index contributed by atoms with van der Waals surface area (Å²) >= 11 is 5.74. The third kappa shape index (κ3) is 4.30. The third-order valence-corrected chi connectivity index (χ3v) is 2.66. The summed E-state index contributed by atoms with van der Waals surface area (Å²) in [7, 11) is 0. The molecule has 0 radical (unpaired) electrons. The lowest BCUT2D eigenvalue weighted by Gasteiger charge is -2.07. The molecule has 0 N–H and O–H groups in total. The van der Waals surface area contributed by atoms with E-state index < -0.39 is 0 Å². The lowest BCUT2D eigenvalue weighted by atomic mass is 10.2. The van der Waals surface area contributed by atoms with E-state index in [-0.39, 0.29) is 12.6 Å². The predicted molar refractivity (Wildman–Crippen MR) is 73.7 cm³/mol. The van der Waals surface area contributed by atoms with Gasteiger partial charge in [0.25, 0.3) is 0 Å². The summed E-state index contributed by atoms with van der Waals surface area (Å²) in [4.78, 5) is 11.6. The van der Waals surface area contributed by atoms with E-state index in [1.807, 2.05) is 30.3 Å². The Kier molecular flexibility index (Phi) is 4.81. The van der Waals surface area contributed by atoms with E-state index in [9.17, 15) is 4.79 Å². The van der Waals surface area contributed by atoms with Gasteiger partial charge >= 0.3 is 5.97 Å². The van der Waals surface area contributed by atoms with Gasteiger partial charge in [-0.2, -0.15) is 0 Å². The number of carbonyl (C=O) groups excluding carboxylic acids is 1. The molecule has 3 nitrogen and oxygen atoms in total. The number of para-hydroxylation sites is 1. The summed E-state index contributed by atoms with van der Waals surface area (Å²) in [5.41, 5.74) is 0.476. The average molecular weight is 277 g/mol. The minimum Gasteiger partial charge on any atom is -0.490 e. The smallest absolute Gasteiger partial charge is 0.338 e. The van der Waals surface area contributed by atoms with Gasteiger partial charge in [-0.3, -0.25) is 0 Å². The van der Waals surface area contributed by atoms with Crippen LogP contribution in [0.3, 0.4) is 0 Å². The number of hydrogen-bond donors (Lipinski definition) is 0. The summed E-state index contributed by atoms with van der Waals surface area (Å²) in [6.45, 7) is 0.527. The van der Waals surface area contributed by atoms with Crippen LogP contribution in [0, 0.1) is 0 Å². The summed E-state index contributed by atoms with van der Waals surface area (Å²) in [6.07, 6.45) is 0. The molecule has 2 rings (SSSR count). The van der Waals surface area contributed by atoms with E-state index in [1.165, 1.54) is 0 Å². The zero-order valence-electron chi connectivity index (χ0n) is 10.2. The fourth-order valence-corrected chi connectivity index (χ4v) is 1.61. The second-order valence-corrected chi connectivity index (χ2v) is 4.24. The van der Waals surface area contributed by atoms with Gasteiger partial charge in [0.15, 0.2) is 0 Å². The maximum atomic E-state index is 11.6. The topological polar surface area (TPSA) is 35.5 Å². The van der Waals surface area contributed by atoms with Crippen LogP contribution in [0.4, 0.5) is 0 Å². The molecule has 0 spiro atoms. The largest absolute Gasteiger partial charge is 0.490 e. The van der Waals surface area contributed by atoms with Crippen molar-refractivity contribution in [1.82, 2.24) is 0 Å². The second kappa shape index (κ2) is 6.81. The van der Waals surface area contributed by atoms with Crippen molar-refractivity contribution in [1.29, 1.82) is 0 Å². The molecule has 0 aliphatic carbocycles. The first kappa shape index (κ1) is 13.4. The zero-order valence-corrected chi connectivity index (χ0v) is 11.0. The van der Waals surface area contributed by atoms with Gasteiger partial charge in [-0.15, -0.1) is 0 Å². The van der Waals surface area contributed by atoms with Crippen LogP contribution < -0.4 is 4.74 Å². The molecule has 0 aromatic heterocycles. The van der Waals surface area contributed by atoms with Crippen molar-refractivity contribution in [2.45, 2.75) is 0 Å². The molecule has 2 aromatic carbocycles. The average Bonchev–Trinajstić information content (AvgIpc) is 2.45. The Morgan fingerprint density at radius 1 is 0.947 bits per heavy atom. The van der Waals surface area contributed by atoms with Crippen LogP contribution in [-0.4, -0.2) is 19.2 Å². The van der Waals surface area contributed by atoms with Crippen molar-refractivity contribution in [2.24, 2.45) is 0 Å². The highest BCUT2D eigenvalue weighted by Gasteiger charge is 2.06. The maximum Gasteiger partial charge on any atom is 0.338 e. The van der Waals surface area contributed by atoms with Crippen molar-refractivity contribution in [2.75, 3.05) is 13.2 Å². The quantitative estimate of drug-likeness (QED) is 0.618. The van der Waals surface area contributed by atoms with Gasteiger partial charge in [0.1, 0.15) is 19.0 Å². The molecule has 0 aliphatic rings. The predicted octanol–water partition coefficient (Wildman–Crippen LogP) is 3.58. The van der Waals surface area contributed by atoms with Crippen LogP contribution in [0.15, 0.2) is 54.6 Å². The lowest BCUT2D eigenvalue weighted by molar-refractivity contribution is 0.0450. The Bertz CT molecular complexity index is 523. The molecule has 0 unspecified atom stereocenters. The van der Waals surface area contributed by atoms with Gasteiger partial charge in [-0.1, -0.05) is 29.8 Å². The number of ether oxygens (including phenoxy) is 2. The van der Waals surface area contributed by atoms with Crippen LogP contribution in [0.5, 0.6) is 5.75 Å². The van der Waals surface area contributed by atoms with Crippen molar-refractivity contribution in [3.8, 4) is 5.75 Å². The molecule has 2 aromatic rings. The van der Waals surface area contributed by atoms with E-state index in [0.29, 0.717) is 17.2 Å². The molecule has 0 atom stereocenters. The van der Waals surface area contributed by atoms with Gasteiger partial charge < -0.3 is 9.47 Å². The molecular formula is C15H13ClO3. The van der Waals surface area contributed by atoms with Gasteiger partial charge in [-0.05, 0) is 36.4 Å². The Balaban J connectivity index is 1.74. The SMILES string of the molecule is O=C(OCCOc1ccccc1)c1ccc(Cl)cc1. The van der Waals surface area contributed by atoms with E-state index in [4.69, 9.17) is 21.1 Å². The Morgan fingerprint density at radius 3 is 2.32 bits per heavy atom. The third-order valence-electron chi connectivity index (χ3n) is 2.41. The van der Waals surface area contributed by atoms with Gasteiger partial charge in [-0.25, -0.2) is 4.79 Å². The van der Waals surface area contributed by atoms with Crippen LogP contribution in [0.25, 0.3) is 0 Å². The molecule has 0 heterocycles. The van der Waals surface area contributed by atoms with E-state index in [0.717, 1.165) is 5.75 Å². The zero-order chi connectivity index (χ0) is 13.5. The number of hydrogen-bond acceptors (Lipinski definition) is 3. The molecule has 0 amide bonds. The normalized spacial score (nSPS) is 9.95. The molecule has 0 bridgehead atoms. The maximum absolute atomic E-state index is 11.6. The summed E-state index contributed by atoms with van der Waals surface area (Å²) in [6, 6.07) is 15.9. The minimum atomic E-state index is -0.381. The first-order chi connectivity index (χ1) is 9.25. The summed E-state index contributed by atoms with van der Waals surface area (Å²) < 4.78 is 10.5. The lowest BCUT2D eigenvalue weighted by Crippen LogP contribution is -2.12. The second-order valence-electron chi connectivity index (χ2n) is 3.80. The number of rotatable bonds is 5. The Hall–Kier alpha value is -2.00. The minimum absolute atomic E-state index is 0.205. The Morgan fingerprint density at radius 2 is 1.63 bits per heavy atom. The molecule has 4 heteroatoms. The molecule has 0 aliphatic heterocycles. The molecule has 0 fully saturated rings.